The van der Waals surface area contributed by atoms with Crippen molar-refractivity contribution in [2.45, 2.75) is 5.75 Å². The van der Waals surface area contributed by atoms with Gasteiger partial charge in [-0.1, -0.05) is 18.2 Å². The van der Waals surface area contributed by atoms with E-state index >= 15 is 0 Å². The van der Waals surface area contributed by atoms with E-state index in [9.17, 15) is 10.1 Å². The second-order valence-electron chi connectivity index (χ2n) is 2.73. The maximum absolute atomic E-state index is 10.4. The standard InChI is InChI=1S/C10H11NO2S/c1-2-7-14-8-9-3-5-10(6-4-9)11(12)13/h2-6H,1,7-8H2. The van der Waals surface area contributed by atoms with Crippen LogP contribution in [0.15, 0.2) is 36.9 Å². The van der Waals surface area contributed by atoms with Gasteiger partial charge in [-0.05, 0) is 5.56 Å². The van der Waals surface area contributed by atoms with E-state index in [0.29, 0.717) is 0 Å². The van der Waals surface area contributed by atoms with Crippen LogP contribution in [0.2, 0.25) is 0 Å². The number of hydrogen-bond donors (Lipinski definition) is 0. The van der Waals surface area contributed by atoms with Crippen LogP contribution in [0.1, 0.15) is 5.56 Å². The topological polar surface area (TPSA) is 43.1 Å². The molecule has 0 unspecified atom stereocenters. The Morgan fingerprint density at radius 1 is 1.43 bits per heavy atom. The van der Waals surface area contributed by atoms with Gasteiger partial charge < -0.3 is 0 Å². The Kier molecular flexibility index (Phi) is 4.19. The molecular weight excluding hydrogens is 198 g/mol. The first kappa shape index (κ1) is 10.8. The van der Waals surface area contributed by atoms with Crippen molar-refractivity contribution in [2.75, 3.05) is 5.75 Å². The first-order chi connectivity index (χ1) is 6.74. The van der Waals surface area contributed by atoms with Crippen LogP contribution in [0.25, 0.3) is 0 Å². The summed E-state index contributed by atoms with van der Waals surface area (Å²) in [6.07, 6.45) is 1.84. The number of benzene rings is 1. The van der Waals surface area contributed by atoms with Gasteiger partial charge in [-0.3, -0.25) is 10.1 Å². The van der Waals surface area contributed by atoms with Crippen LogP contribution >= 0.6 is 11.8 Å². The fourth-order valence-electron chi connectivity index (χ4n) is 0.974. The van der Waals surface area contributed by atoms with Crippen molar-refractivity contribution < 1.29 is 4.92 Å². The smallest absolute Gasteiger partial charge is 0.258 e. The van der Waals surface area contributed by atoms with Crippen molar-refractivity contribution >= 4 is 17.4 Å². The predicted octanol–water partition coefficient (Wildman–Crippen LogP) is 3.01. The van der Waals surface area contributed by atoms with E-state index in [1.807, 2.05) is 6.08 Å². The number of hydrogen-bond acceptors (Lipinski definition) is 3. The normalized spacial score (nSPS) is 9.71. The van der Waals surface area contributed by atoms with Gasteiger partial charge >= 0.3 is 0 Å². The lowest BCUT2D eigenvalue weighted by Gasteiger charge is -1.98. The number of nitro groups is 1. The van der Waals surface area contributed by atoms with E-state index in [1.165, 1.54) is 12.1 Å². The van der Waals surface area contributed by atoms with Gasteiger partial charge in [0.2, 0.25) is 0 Å². The Balaban J connectivity index is 2.55. The highest BCUT2D eigenvalue weighted by atomic mass is 32.2. The molecule has 0 N–H and O–H groups in total. The molecule has 0 saturated carbocycles. The molecule has 0 amide bonds. The maximum atomic E-state index is 10.4. The summed E-state index contributed by atoms with van der Waals surface area (Å²) in [5.74, 6) is 1.76. The average molecular weight is 209 g/mol. The lowest BCUT2D eigenvalue weighted by atomic mass is 10.2. The molecule has 74 valence electrons. The Morgan fingerprint density at radius 2 is 2.07 bits per heavy atom. The van der Waals surface area contributed by atoms with Crippen molar-refractivity contribution in [2.24, 2.45) is 0 Å². The number of nitro benzene ring substituents is 1. The van der Waals surface area contributed by atoms with Crippen molar-refractivity contribution in [3.8, 4) is 0 Å². The molecule has 0 aromatic heterocycles. The zero-order chi connectivity index (χ0) is 10.4. The minimum Gasteiger partial charge on any atom is -0.258 e. The molecular formula is C10H11NO2S. The first-order valence-corrected chi connectivity index (χ1v) is 5.31. The monoisotopic (exact) mass is 209 g/mol. The third kappa shape index (κ3) is 3.22. The van der Waals surface area contributed by atoms with E-state index in [1.54, 1.807) is 23.9 Å². The van der Waals surface area contributed by atoms with Crippen LogP contribution in [0.3, 0.4) is 0 Å². The van der Waals surface area contributed by atoms with Crippen molar-refractivity contribution in [1.29, 1.82) is 0 Å². The summed E-state index contributed by atoms with van der Waals surface area (Å²) in [7, 11) is 0. The van der Waals surface area contributed by atoms with Crippen LogP contribution < -0.4 is 0 Å². The molecule has 0 fully saturated rings. The maximum Gasteiger partial charge on any atom is 0.269 e. The molecule has 0 radical (unpaired) electrons. The van der Waals surface area contributed by atoms with Gasteiger partial charge in [0.05, 0.1) is 4.92 Å². The van der Waals surface area contributed by atoms with Crippen molar-refractivity contribution in [3.05, 3.63) is 52.6 Å². The predicted molar refractivity (Wildman–Crippen MR) is 59.5 cm³/mol. The molecule has 1 rings (SSSR count). The zero-order valence-corrected chi connectivity index (χ0v) is 8.50. The van der Waals surface area contributed by atoms with E-state index in [0.717, 1.165) is 17.1 Å². The number of thioether (sulfide) groups is 1. The molecule has 0 aliphatic rings. The van der Waals surface area contributed by atoms with Gasteiger partial charge in [0.15, 0.2) is 0 Å². The molecule has 0 atom stereocenters. The Hall–Kier alpha value is -1.29. The average Bonchev–Trinajstić information content (AvgIpc) is 2.19. The van der Waals surface area contributed by atoms with E-state index in [2.05, 4.69) is 6.58 Å². The summed E-state index contributed by atoms with van der Waals surface area (Å²) in [5.41, 5.74) is 1.24. The van der Waals surface area contributed by atoms with Crippen LogP contribution in [0.4, 0.5) is 5.69 Å². The summed E-state index contributed by atoms with van der Waals surface area (Å²) < 4.78 is 0. The largest absolute Gasteiger partial charge is 0.269 e. The fourth-order valence-corrected chi connectivity index (χ4v) is 1.69. The highest BCUT2D eigenvalue weighted by Crippen LogP contribution is 2.16. The van der Waals surface area contributed by atoms with Gasteiger partial charge in [0.25, 0.3) is 5.69 Å². The molecule has 0 spiro atoms. The summed E-state index contributed by atoms with van der Waals surface area (Å²) in [4.78, 5) is 9.97. The Bertz CT molecular complexity index is 321. The fraction of sp³-hybridized carbons (Fsp3) is 0.200. The third-order valence-electron chi connectivity index (χ3n) is 1.65. The second-order valence-corrected chi connectivity index (χ2v) is 3.76. The highest BCUT2D eigenvalue weighted by Gasteiger charge is 2.03. The first-order valence-electron chi connectivity index (χ1n) is 4.16. The van der Waals surface area contributed by atoms with E-state index < -0.39 is 0 Å². The third-order valence-corrected chi connectivity index (χ3v) is 2.66. The molecule has 0 saturated heterocycles. The van der Waals surface area contributed by atoms with Gasteiger partial charge in [0.1, 0.15) is 0 Å². The molecule has 0 aliphatic heterocycles. The SMILES string of the molecule is C=CCSCc1ccc([N+](=O)[O-])cc1. The van der Waals surface area contributed by atoms with Gasteiger partial charge in [0, 0.05) is 23.6 Å². The molecule has 3 nitrogen and oxygen atoms in total. The van der Waals surface area contributed by atoms with Crippen LogP contribution in [0.5, 0.6) is 0 Å². The zero-order valence-electron chi connectivity index (χ0n) is 7.68. The highest BCUT2D eigenvalue weighted by molar-refractivity contribution is 7.98. The van der Waals surface area contributed by atoms with E-state index in [-0.39, 0.29) is 10.6 Å². The number of nitrogens with zero attached hydrogens (tertiary/aromatic N) is 1. The van der Waals surface area contributed by atoms with Crippen molar-refractivity contribution in [3.63, 3.8) is 0 Å². The number of non-ortho nitro benzene ring substituents is 1. The van der Waals surface area contributed by atoms with Crippen molar-refractivity contribution in [1.82, 2.24) is 0 Å². The lowest BCUT2D eigenvalue weighted by molar-refractivity contribution is -0.384. The van der Waals surface area contributed by atoms with Crippen LogP contribution in [-0.4, -0.2) is 10.7 Å². The molecule has 4 heteroatoms. The van der Waals surface area contributed by atoms with Crippen LogP contribution in [0, 0.1) is 10.1 Å². The van der Waals surface area contributed by atoms with E-state index in [4.69, 9.17) is 0 Å². The number of rotatable bonds is 5. The molecule has 0 aliphatic carbocycles. The molecule has 1 aromatic carbocycles. The molecule has 0 bridgehead atoms. The summed E-state index contributed by atoms with van der Waals surface area (Å²) >= 11 is 1.73. The van der Waals surface area contributed by atoms with Gasteiger partial charge in [-0.25, -0.2) is 0 Å². The summed E-state index contributed by atoms with van der Waals surface area (Å²) in [5, 5.41) is 10.4. The Morgan fingerprint density at radius 3 is 2.57 bits per heavy atom. The second kappa shape index (κ2) is 5.44. The Labute approximate surface area is 87.0 Å². The quantitative estimate of drug-likeness (QED) is 0.324. The van der Waals surface area contributed by atoms with Crippen LogP contribution in [-0.2, 0) is 5.75 Å². The molecule has 0 heterocycles. The summed E-state index contributed by atoms with van der Waals surface area (Å²) in [6.45, 7) is 3.62. The molecule has 1 aromatic rings. The summed E-state index contributed by atoms with van der Waals surface area (Å²) in [6, 6.07) is 6.63. The van der Waals surface area contributed by atoms with Gasteiger partial charge in [-0.15, -0.1) is 6.58 Å². The minimum absolute atomic E-state index is 0.141. The molecule has 14 heavy (non-hydrogen) atoms. The lowest BCUT2D eigenvalue weighted by Crippen LogP contribution is -1.88. The minimum atomic E-state index is -0.388. The van der Waals surface area contributed by atoms with Gasteiger partial charge in [-0.2, -0.15) is 11.8 Å².